The summed E-state index contributed by atoms with van der Waals surface area (Å²) in [6, 6.07) is 7.90. The van der Waals surface area contributed by atoms with Crippen molar-refractivity contribution in [2.45, 2.75) is 25.6 Å². The lowest BCUT2D eigenvalue weighted by molar-refractivity contribution is 0.0309. The summed E-state index contributed by atoms with van der Waals surface area (Å²) in [5.41, 5.74) is 4.41. The first kappa shape index (κ1) is 14.8. The quantitative estimate of drug-likeness (QED) is 0.491. The molecule has 1 N–H and O–H groups in total. The summed E-state index contributed by atoms with van der Waals surface area (Å²) < 4.78 is 4.66. The van der Waals surface area contributed by atoms with Gasteiger partial charge in [0.05, 0.1) is 18.6 Å². The Kier molecular flexibility index (Phi) is 6.54. The molecule has 1 rings (SSSR count). The average Bonchev–Trinajstić information content (AvgIpc) is 2.35. The summed E-state index contributed by atoms with van der Waals surface area (Å²) in [4.78, 5) is 16.0. The molecule has 4 nitrogen and oxygen atoms in total. The van der Waals surface area contributed by atoms with Crippen molar-refractivity contribution in [1.82, 2.24) is 5.48 Å². The zero-order valence-electron chi connectivity index (χ0n) is 10.6. The van der Waals surface area contributed by atoms with E-state index < -0.39 is 6.09 Å². The Bertz CT molecular complexity index is 382. The topological polar surface area (TPSA) is 47.6 Å². The standard InChI is InChI=1S/C13H18ClNO3/c1-3-17-13(16)15-18-9-8-11-6-4-5-7-12(11)10(2)14/h4-7,10H,3,8-9H2,1-2H3,(H,15,16). The number of carbonyl (C=O) groups is 1. The molecule has 0 saturated heterocycles. The zero-order valence-corrected chi connectivity index (χ0v) is 11.4. The van der Waals surface area contributed by atoms with Crippen molar-refractivity contribution in [2.24, 2.45) is 0 Å². The molecule has 0 fully saturated rings. The van der Waals surface area contributed by atoms with Crippen LogP contribution in [0.2, 0.25) is 0 Å². The van der Waals surface area contributed by atoms with E-state index in [9.17, 15) is 4.79 Å². The summed E-state index contributed by atoms with van der Waals surface area (Å²) >= 11 is 6.08. The fourth-order valence-electron chi connectivity index (χ4n) is 1.58. The lowest BCUT2D eigenvalue weighted by Crippen LogP contribution is -2.25. The van der Waals surface area contributed by atoms with Gasteiger partial charge >= 0.3 is 6.09 Å². The molecule has 0 spiro atoms. The SMILES string of the molecule is CCOC(=O)NOCCc1ccccc1C(C)Cl. The number of rotatable bonds is 6. The number of ether oxygens (including phenoxy) is 1. The molecule has 0 aromatic heterocycles. The van der Waals surface area contributed by atoms with E-state index in [4.69, 9.17) is 16.4 Å². The van der Waals surface area contributed by atoms with E-state index in [1.54, 1.807) is 6.92 Å². The molecular formula is C13H18ClNO3. The fourth-order valence-corrected chi connectivity index (χ4v) is 1.79. The first-order valence-corrected chi connectivity index (χ1v) is 6.35. The molecule has 1 aromatic rings. The van der Waals surface area contributed by atoms with Gasteiger partial charge in [0.1, 0.15) is 0 Å². The molecule has 1 amide bonds. The molecule has 0 aliphatic rings. The highest BCUT2D eigenvalue weighted by molar-refractivity contribution is 6.20. The normalized spacial score (nSPS) is 11.9. The van der Waals surface area contributed by atoms with E-state index in [0.717, 1.165) is 11.1 Å². The van der Waals surface area contributed by atoms with Crippen LogP contribution in [0.5, 0.6) is 0 Å². The third-order valence-corrected chi connectivity index (χ3v) is 2.62. The Balaban J connectivity index is 2.37. The lowest BCUT2D eigenvalue weighted by atomic mass is 10.0. The first-order valence-electron chi connectivity index (χ1n) is 5.91. The fraction of sp³-hybridized carbons (Fsp3) is 0.462. The van der Waals surface area contributed by atoms with Crippen molar-refractivity contribution < 1.29 is 14.4 Å². The van der Waals surface area contributed by atoms with Crippen molar-refractivity contribution in [3.63, 3.8) is 0 Å². The van der Waals surface area contributed by atoms with Gasteiger partial charge in [0.15, 0.2) is 0 Å². The van der Waals surface area contributed by atoms with E-state index in [2.05, 4.69) is 10.2 Å². The van der Waals surface area contributed by atoms with Crippen LogP contribution >= 0.6 is 11.6 Å². The van der Waals surface area contributed by atoms with Crippen LogP contribution in [0.3, 0.4) is 0 Å². The molecule has 0 aliphatic heterocycles. The molecule has 5 heteroatoms. The molecule has 0 bridgehead atoms. The zero-order chi connectivity index (χ0) is 13.4. The lowest BCUT2D eigenvalue weighted by Gasteiger charge is -2.11. The molecule has 1 aromatic carbocycles. The summed E-state index contributed by atoms with van der Waals surface area (Å²) in [7, 11) is 0. The molecule has 1 atom stereocenters. The Labute approximate surface area is 112 Å². The molecule has 18 heavy (non-hydrogen) atoms. The van der Waals surface area contributed by atoms with Crippen molar-refractivity contribution in [1.29, 1.82) is 0 Å². The third kappa shape index (κ3) is 4.94. The second kappa shape index (κ2) is 7.95. The van der Waals surface area contributed by atoms with Crippen molar-refractivity contribution in [3.05, 3.63) is 35.4 Å². The van der Waals surface area contributed by atoms with Gasteiger partial charge in [0.25, 0.3) is 0 Å². The van der Waals surface area contributed by atoms with E-state index >= 15 is 0 Å². The second-order valence-electron chi connectivity index (χ2n) is 3.74. The predicted octanol–water partition coefficient (Wildman–Crippen LogP) is 3.21. The summed E-state index contributed by atoms with van der Waals surface area (Å²) in [6.07, 6.45) is 0.108. The van der Waals surface area contributed by atoms with Crippen molar-refractivity contribution in [2.75, 3.05) is 13.2 Å². The number of hydrogen-bond acceptors (Lipinski definition) is 3. The number of halogens is 1. The number of carbonyl (C=O) groups excluding carboxylic acids is 1. The number of amides is 1. The molecule has 100 valence electrons. The predicted molar refractivity (Wildman–Crippen MR) is 70.5 cm³/mol. The Morgan fingerprint density at radius 1 is 1.44 bits per heavy atom. The van der Waals surface area contributed by atoms with Crippen LogP contribution < -0.4 is 5.48 Å². The van der Waals surface area contributed by atoms with Gasteiger partial charge in [0, 0.05) is 0 Å². The summed E-state index contributed by atoms with van der Waals surface area (Å²) in [5.74, 6) is 0. The smallest absolute Gasteiger partial charge is 0.431 e. The van der Waals surface area contributed by atoms with Crippen molar-refractivity contribution in [3.8, 4) is 0 Å². The highest BCUT2D eigenvalue weighted by Gasteiger charge is 2.07. The monoisotopic (exact) mass is 271 g/mol. The minimum absolute atomic E-state index is 0.0424. The number of nitrogens with one attached hydrogen (secondary N) is 1. The van der Waals surface area contributed by atoms with Crippen LogP contribution in [0.25, 0.3) is 0 Å². The van der Waals surface area contributed by atoms with E-state index in [1.807, 2.05) is 31.2 Å². The van der Waals surface area contributed by atoms with Gasteiger partial charge in [-0.1, -0.05) is 24.3 Å². The van der Waals surface area contributed by atoms with E-state index in [-0.39, 0.29) is 5.38 Å². The largest absolute Gasteiger partial charge is 0.448 e. The van der Waals surface area contributed by atoms with Crippen LogP contribution in [0.1, 0.15) is 30.4 Å². The molecule has 1 unspecified atom stereocenters. The van der Waals surface area contributed by atoms with Gasteiger partial charge in [-0.05, 0) is 31.4 Å². The van der Waals surface area contributed by atoms with Crippen LogP contribution in [0.15, 0.2) is 24.3 Å². The summed E-state index contributed by atoms with van der Waals surface area (Å²) in [5, 5.41) is -0.0424. The average molecular weight is 272 g/mol. The van der Waals surface area contributed by atoms with Crippen LogP contribution in [0.4, 0.5) is 4.79 Å². The third-order valence-electron chi connectivity index (χ3n) is 2.39. The van der Waals surface area contributed by atoms with Crippen LogP contribution in [-0.2, 0) is 16.0 Å². The van der Waals surface area contributed by atoms with Gasteiger partial charge in [-0.3, -0.25) is 4.84 Å². The minimum Gasteiger partial charge on any atom is -0.448 e. The molecule has 0 saturated carbocycles. The maximum absolute atomic E-state index is 11.0. The van der Waals surface area contributed by atoms with Gasteiger partial charge in [0.2, 0.25) is 0 Å². The van der Waals surface area contributed by atoms with E-state index in [0.29, 0.717) is 19.6 Å². The van der Waals surface area contributed by atoms with Gasteiger partial charge in [-0.25, -0.2) is 4.79 Å². The molecule has 0 heterocycles. The molecular weight excluding hydrogens is 254 g/mol. The van der Waals surface area contributed by atoms with Gasteiger partial charge < -0.3 is 4.74 Å². The van der Waals surface area contributed by atoms with E-state index in [1.165, 1.54) is 0 Å². The minimum atomic E-state index is -0.573. The number of benzene rings is 1. The second-order valence-corrected chi connectivity index (χ2v) is 4.39. The number of hydrogen-bond donors (Lipinski definition) is 1. The van der Waals surface area contributed by atoms with Gasteiger partial charge in [-0.15, -0.1) is 11.6 Å². The maximum Gasteiger partial charge on any atom is 0.431 e. The van der Waals surface area contributed by atoms with Crippen molar-refractivity contribution >= 4 is 17.7 Å². The number of hydroxylamine groups is 1. The van der Waals surface area contributed by atoms with Crippen LogP contribution in [0, 0.1) is 0 Å². The maximum atomic E-state index is 11.0. The Morgan fingerprint density at radius 2 is 2.17 bits per heavy atom. The Hall–Kier alpha value is -1.26. The van der Waals surface area contributed by atoms with Crippen LogP contribution in [-0.4, -0.2) is 19.3 Å². The number of alkyl halides is 1. The Morgan fingerprint density at radius 3 is 2.83 bits per heavy atom. The molecule has 0 radical (unpaired) electrons. The van der Waals surface area contributed by atoms with Gasteiger partial charge in [-0.2, -0.15) is 5.48 Å². The highest BCUT2D eigenvalue weighted by Crippen LogP contribution is 2.23. The summed E-state index contributed by atoms with van der Waals surface area (Å²) in [6.45, 7) is 4.36. The molecule has 0 aliphatic carbocycles. The first-order chi connectivity index (χ1) is 8.65. The highest BCUT2D eigenvalue weighted by atomic mass is 35.5.